The maximum Gasteiger partial charge on any atom is 0.231 e. The maximum atomic E-state index is 5.87. The third-order valence-electron chi connectivity index (χ3n) is 7.45. The fraction of sp³-hybridized carbons (Fsp3) is 0.333. The van der Waals surface area contributed by atoms with Gasteiger partial charge in [-0.3, -0.25) is 0 Å². The molecule has 0 saturated heterocycles. The van der Waals surface area contributed by atoms with Gasteiger partial charge < -0.3 is 23.4 Å². The Labute approximate surface area is 188 Å². The third-order valence-corrected chi connectivity index (χ3v) is 7.45. The molecule has 2 atom stereocenters. The lowest BCUT2D eigenvalue weighted by molar-refractivity contribution is -0.985. The summed E-state index contributed by atoms with van der Waals surface area (Å²) in [6, 6.07) is 19.9. The van der Waals surface area contributed by atoms with Gasteiger partial charge >= 0.3 is 0 Å². The summed E-state index contributed by atoms with van der Waals surface area (Å²) in [4.78, 5) is 0. The lowest BCUT2D eigenvalue weighted by Gasteiger charge is -2.51. The lowest BCUT2D eigenvalue weighted by atomic mass is 9.80. The van der Waals surface area contributed by atoms with Crippen molar-refractivity contribution >= 4 is 0 Å². The number of nitrogens with zero attached hydrogens (tertiary/aromatic N) is 1. The van der Waals surface area contributed by atoms with Crippen LogP contribution < -0.4 is 18.9 Å². The van der Waals surface area contributed by atoms with Crippen molar-refractivity contribution in [3.05, 3.63) is 82.4 Å². The highest BCUT2D eigenvalue weighted by Crippen LogP contribution is 2.51. The smallest absolute Gasteiger partial charge is 0.231 e. The van der Waals surface area contributed by atoms with Crippen molar-refractivity contribution in [1.29, 1.82) is 0 Å². The van der Waals surface area contributed by atoms with Crippen molar-refractivity contribution in [3.63, 3.8) is 0 Å². The Morgan fingerprint density at radius 3 is 2.53 bits per heavy atom. The summed E-state index contributed by atoms with van der Waals surface area (Å²) in [6.07, 6.45) is 1.99. The first kappa shape index (κ1) is 19.5. The first-order valence-electron chi connectivity index (χ1n) is 11.3. The van der Waals surface area contributed by atoms with E-state index in [1.54, 1.807) is 14.2 Å². The van der Waals surface area contributed by atoms with Crippen molar-refractivity contribution in [2.75, 3.05) is 27.6 Å². The molecule has 5 nitrogen and oxygen atoms in total. The van der Waals surface area contributed by atoms with Gasteiger partial charge in [-0.1, -0.05) is 36.4 Å². The zero-order valence-corrected chi connectivity index (χ0v) is 18.6. The Hall–Kier alpha value is -3.18. The Bertz CT molecular complexity index is 1180. The molecule has 3 aromatic carbocycles. The molecule has 3 heterocycles. The van der Waals surface area contributed by atoms with Crippen molar-refractivity contribution in [2.24, 2.45) is 0 Å². The van der Waals surface area contributed by atoms with Gasteiger partial charge in [-0.15, -0.1) is 0 Å². The van der Waals surface area contributed by atoms with Crippen LogP contribution in [0.3, 0.4) is 0 Å². The molecule has 5 heteroatoms. The van der Waals surface area contributed by atoms with Gasteiger partial charge in [-0.2, -0.15) is 0 Å². The van der Waals surface area contributed by atoms with Gasteiger partial charge in [0.25, 0.3) is 0 Å². The summed E-state index contributed by atoms with van der Waals surface area (Å²) < 4.78 is 23.9. The molecule has 0 amide bonds. The van der Waals surface area contributed by atoms with E-state index < -0.39 is 0 Å². The second-order valence-corrected chi connectivity index (χ2v) is 9.06. The van der Waals surface area contributed by atoms with E-state index in [0.29, 0.717) is 12.8 Å². The number of quaternary nitrogens is 1. The van der Waals surface area contributed by atoms with E-state index >= 15 is 0 Å². The summed E-state index contributed by atoms with van der Waals surface area (Å²) in [7, 11) is 3.46. The molecule has 0 aliphatic carbocycles. The SMILES string of the molecule is COc1ccc2c(c1OC)C[N@+]1(Cc3ccccc3)CCc3cc4c(cc3[C@@H]1C2)OCO4. The molecule has 0 fully saturated rings. The third kappa shape index (κ3) is 2.95. The molecule has 0 bridgehead atoms. The van der Waals surface area contributed by atoms with Gasteiger partial charge in [0.1, 0.15) is 19.1 Å². The van der Waals surface area contributed by atoms with E-state index in [9.17, 15) is 0 Å². The fourth-order valence-corrected chi connectivity index (χ4v) is 5.92. The Balaban J connectivity index is 1.51. The Morgan fingerprint density at radius 1 is 0.938 bits per heavy atom. The van der Waals surface area contributed by atoms with Crippen LogP contribution in [0.2, 0.25) is 0 Å². The first-order chi connectivity index (χ1) is 15.7. The van der Waals surface area contributed by atoms with Gasteiger partial charge in [-0.05, 0) is 29.3 Å². The summed E-state index contributed by atoms with van der Waals surface area (Å²) in [5.41, 5.74) is 6.79. The van der Waals surface area contributed by atoms with E-state index in [-0.39, 0.29) is 0 Å². The van der Waals surface area contributed by atoms with E-state index in [0.717, 1.165) is 60.0 Å². The molecule has 6 rings (SSSR count). The van der Waals surface area contributed by atoms with Crippen molar-refractivity contribution in [2.45, 2.75) is 32.0 Å². The minimum atomic E-state index is 0.312. The first-order valence-corrected chi connectivity index (χ1v) is 11.3. The van der Waals surface area contributed by atoms with Crippen molar-refractivity contribution in [3.8, 4) is 23.0 Å². The summed E-state index contributed by atoms with van der Waals surface area (Å²) in [5.74, 6) is 3.45. The highest BCUT2D eigenvalue weighted by atomic mass is 16.7. The average molecular weight is 431 g/mol. The summed E-state index contributed by atoms with van der Waals surface area (Å²) in [6.45, 7) is 3.29. The topological polar surface area (TPSA) is 36.9 Å². The van der Waals surface area contributed by atoms with Crippen LogP contribution in [0.5, 0.6) is 23.0 Å². The van der Waals surface area contributed by atoms with Crippen molar-refractivity contribution < 1.29 is 23.4 Å². The minimum absolute atomic E-state index is 0.312. The van der Waals surface area contributed by atoms with Gasteiger partial charge in [0.05, 0.1) is 26.3 Å². The number of hydrogen-bond donors (Lipinski definition) is 0. The monoisotopic (exact) mass is 430 g/mol. The maximum absolute atomic E-state index is 5.87. The molecule has 164 valence electrons. The molecule has 0 radical (unpaired) electrons. The number of hydrogen-bond acceptors (Lipinski definition) is 4. The largest absolute Gasteiger partial charge is 0.493 e. The van der Waals surface area contributed by atoms with Crippen LogP contribution in [0.1, 0.15) is 33.9 Å². The van der Waals surface area contributed by atoms with Crippen LogP contribution in [0.4, 0.5) is 0 Å². The average Bonchev–Trinajstić information content (AvgIpc) is 3.29. The van der Waals surface area contributed by atoms with E-state index in [1.165, 1.54) is 27.8 Å². The van der Waals surface area contributed by atoms with Crippen molar-refractivity contribution in [1.82, 2.24) is 0 Å². The summed E-state index contributed by atoms with van der Waals surface area (Å²) in [5, 5.41) is 0. The molecule has 0 aromatic heterocycles. The molecule has 0 saturated carbocycles. The molecule has 3 aliphatic rings. The second-order valence-electron chi connectivity index (χ2n) is 9.06. The molecular weight excluding hydrogens is 402 g/mol. The fourth-order valence-electron chi connectivity index (χ4n) is 5.92. The van der Waals surface area contributed by atoms with Gasteiger partial charge in [0, 0.05) is 24.0 Å². The quantitative estimate of drug-likeness (QED) is 0.557. The van der Waals surface area contributed by atoms with E-state index in [1.807, 2.05) is 6.07 Å². The normalized spacial score (nSPS) is 22.5. The lowest BCUT2D eigenvalue weighted by Crippen LogP contribution is -2.55. The molecule has 3 aromatic rings. The van der Waals surface area contributed by atoms with Crippen LogP contribution in [0.15, 0.2) is 54.6 Å². The predicted molar refractivity (Wildman–Crippen MR) is 121 cm³/mol. The number of ether oxygens (including phenoxy) is 4. The number of benzene rings is 3. The van der Waals surface area contributed by atoms with Crippen LogP contribution in [-0.2, 0) is 25.9 Å². The Kier molecular flexibility index (Phi) is 4.54. The molecule has 3 aliphatic heterocycles. The van der Waals surface area contributed by atoms with Gasteiger partial charge in [-0.25, -0.2) is 0 Å². The van der Waals surface area contributed by atoms with Crippen LogP contribution >= 0.6 is 0 Å². The zero-order valence-electron chi connectivity index (χ0n) is 18.6. The number of rotatable bonds is 4. The molecular formula is C27H28NO4+. The molecule has 0 spiro atoms. The zero-order chi connectivity index (χ0) is 21.7. The standard InChI is InChI=1S/C27H28NO4/c1-29-24-9-8-19-12-23-21-14-26-25(31-17-32-26)13-20(21)10-11-28(23,16-22(19)27(24)30-2)15-18-6-4-3-5-7-18/h3-9,13-14,23H,10-12,15-17H2,1-2H3/q+1/t23-,28+/m0/s1. The number of fused-ring (bicyclic) bond motifs is 5. The Morgan fingerprint density at radius 2 is 1.75 bits per heavy atom. The highest BCUT2D eigenvalue weighted by Gasteiger charge is 2.47. The molecule has 32 heavy (non-hydrogen) atoms. The van der Waals surface area contributed by atoms with Crippen LogP contribution in [-0.4, -0.2) is 32.0 Å². The molecule has 0 N–H and O–H groups in total. The minimum Gasteiger partial charge on any atom is -0.493 e. The van der Waals surface area contributed by atoms with E-state index in [2.05, 4.69) is 48.5 Å². The van der Waals surface area contributed by atoms with Gasteiger partial charge in [0.2, 0.25) is 6.79 Å². The van der Waals surface area contributed by atoms with E-state index in [4.69, 9.17) is 18.9 Å². The van der Waals surface area contributed by atoms with Gasteiger partial charge in [0.15, 0.2) is 23.0 Å². The van der Waals surface area contributed by atoms with Crippen LogP contribution in [0.25, 0.3) is 0 Å². The highest BCUT2D eigenvalue weighted by molar-refractivity contribution is 5.54. The second kappa shape index (κ2) is 7.45. The van der Waals surface area contributed by atoms with Crippen LogP contribution in [0, 0.1) is 0 Å². The predicted octanol–water partition coefficient (Wildman–Crippen LogP) is 4.80. The number of methoxy groups -OCH3 is 2. The summed E-state index contributed by atoms with van der Waals surface area (Å²) >= 11 is 0. The molecule has 0 unspecified atom stereocenters.